The van der Waals surface area contributed by atoms with E-state index < -0.39 is 4.92 Å². The van der Waals surface area contributed by atoms with Crippen LogP contribution in [0.5, 0.6) is 0 Å². The van der Waals surface area contributed by atoms with Crippen LogP contribution in [0.3, 0.4) is 0 Å². The third kappa shape index (κ3) is 4.52. The van der Waals surface area contributed by atoms with E-state index in [-0.39, 0.29) is 17.5 Å². The first-order valence-electron chi connectivity index (χ1n) is 8.40. The third-order valence-electron chi connectivity index (χ3n) is 4.22. The van der Waals surface area contributed by atoms with Crippen molar-refractivity contribution in [3.63, 3.8) is 0 Å². The monoisotopic (exact) mass is 350 g/mol. The Labute approximate surface area is 151 Å². The lowest BCUT2D eigenvalue weighted by Gasteiger charge is -2.20. The number of non-ortho nitro benzene ring substituents is 1. The van der Waals surface area contributed by atoms with Gasteiger partial charge in [-0.05, 0) is 35.2 Å². The molecule has 0 bridgehead atoms. The first-order chi connectivity index (χ1) is 12.6. The highest BCUT2D eigenvalue weighted by atomic mass is 19.1. The molecular weight excluding hydrogens is 331 g/mol. The summed E-state index contributed by atoms with van der Waals surface area (Å²) in [6.07, 6.45) is 0.827. The van der Waals surface area contributed by atoms with Crippen molar-refractivity contribution in [3.05, 3.63) is 111 Å². The molecule has 0 saturated carbocycles. The van der Waals surface area contributed by atoms with Gasteiger partial charge in [-0.15, -0.1) is 0 Å². The summed E-state index contributed by atoms with van der Waals surface area (Å²) in [6.45, 7) is 0.689. The molecule has 0 aliphatic rings. The molecular formula is C21H19FN2O2. The molecule has 0 aliphatic carbocycles. The maximum absolute atomic E-state index is 13.3. The van der Waals surface area contributed by atoms with Gasteiger partial charge >= 0.3 is 0 Å². The predicted molar refractivity (Wildman–Crippen MR) is 99.5 cm³/mol. The fourth-order valence-corrected chi connectivity index (χ4v) is 2.91. The lowest BCUT2D eigenvalue weighted by molar-refractivity contribution is -0.384. The van der Waals surface area contributed by atoms with Gasteiger partial charge in [-0.1, -0.05) is 54.6 Å². The molecule has 0 radical (unpaired) electrons. The highest BCUT2D eigenvalue weighted by Crippen LogP contribution is 2.25. The molecule has 1 atom stereocenters. The summed E-state index contributed by atoms with van der Waals surface area (Å²) in [7, 11) is 0. The molecule has 4 nitrogen and oxygen atoms in total. The maximum atomic E-state index is 13.3. The Balaban J connectivity index is 1.83. The molecule has 1 N–H and O–H groups in total. The second kappa shape index (κ2) is 8.36. The predicted octanol–water partition coefficient (Wildman–Crippen LogP) is 4.66. The van der Waals surface area contributed by atoms with E-state index in [1.54, 1.807) is 24.3 Å². The van der Waals surface area contributed by atoms with Gasteiger partial charge in [0.05, 0.1) is 11.0 Å². The van der Waals surface area contributed by atoms with Crippen molar-refractivity contribution in [3.8, 4) is 0 Å². The molecule has 0 aliphatic heterocycles. The van der Waals surface area contributed by atoms with Crippen LogP contribution in [0.2, 0.25) is 0 Å². The number of nitrogens with one attached hydrogen (secondary N) is 1. The molecule has 0 spiro atoms. The Bertz CT molecular complexity index is 867. The quantitative estimate of drug-likeness (QED) is 0.498. The zero-order valence-electron chi connectivity index (χ0n) is 14.1. The van der Waals surface area contributed by atoms with E-state index in [1.165, 1.54) is 23.8 Å². The minimum Gasteiger partial charge on any atom is -0.306 e. The summed E-state index contributed by atoms with van der Waals surface area (Å²) in [6, 6.07) is 22.6. The van der Waals surface area contributed by atoms with Crippen molar-refractivity contribution in [1.82, 2.24) is 5.32 Å². The normalized spacial score (nSPS) is 11.9. The van der Waals surface area contributed by atoms with Crippen LogP contribution in [0.1, 0.15) is 22.7 Å². The second-order valence-electron chi connectivity index (χ2n) is 6.03. The van der Waals surface area contributed by atoms with Crippen molar-refractivity contribution in [2.24, 2.45) is 0 Å². The average molecular weight is 350 g/mol. The molecule has 5 heteroatoms. The average Bonchev–Trinajstić information content (AvgIpc) is 2.67. The Kier molecular flexibility index (Phi) is 5.71. The lowest BCUT2D eigenvalue weighted by atomic mass is 9.98. The van der Waals surface area contributed by atoms with E-state index in [0.717, 1.165) is 17.5 Å². The van der Waals surface area contributed by atoms with Crippen molar-refractivity contribution in [2.75, 3.05) is 6.54 Å². The Morgan fingerprint density at radius 3 is 2.35 bits per heavy atom. The van der Waals surface area contributed by atoms with E-state index in [4.69, 9.17) is 0 Å². The van der Waals surface area contributed by atoms with E-state index in [2.05, 4.69) is 17.4 Å². The molecule has 3 aromatic rings. The van der Waals surface area contributed by atoms with Gasteiger partial charge in [0.2, 0.25) is 0 Å². The molecule has 0 heterocycles. The summed E-state index contributed by atoms with van der Waals surface area (Å²) < 4.78 is 13.3. The van der Waals surface area contributed by atoms with Crippen LogP contribution in [0.25, 0.3) is 0 Å². The highest BCUT2D eigenvalue weighted by molar-refractivity contribution is 5.40. The smallest absolute Gasteiger partial charge is 0.269 e. The van der Waals surface area contributed by atoms with Gasteiger partial charge in [-0.2, -0.15) is 0 Å². The van der Waals surface area contributed by atoms with Crippen molar-refractivity contribution in [1.29, 1.82) is 0 Å². The number of halogens is 1. The Morgan fingerprint density at radius 2 is 1.65 bits per heavy atom. The Hall–Kier alpha value is -3.05. The molecule has 26 heavy (non-hydrogen) atoms. The zero-order valence-corrected chi connectivity index (χ0v) is 14.1. The van der Waals surface area contributed by atoms with Gasteiger partial charge in [0, 0.05) is 18.7 Å². The van der Waals surface area contributed by atoms with Crippen LogP contribution in [0, 0.1) is 15.9 Å². The first-order valence-corrected chi connectivity index (χ1v) is 8.40. The summed E-state index contributed by atoms with van der Waals surface area (Å²) >= 11 is 0. The summed E-state index contributed by atoms with van der Waals surface area (Å²) in [4.78, 5) is 10.7. The minimum absolute atomic E-state index is 0.0412. The standard InChI is InChI=1S/C21H19FN2O2/c22-19-11-9-17(10-12-19)21(18-7-4-8-20(15-18)24(25)26)23-14-13-16-5-2-1-3-6-16/h1-12,15,21,23H,13-14H2. The maximum Gasteiger partial charge on any atom is 0.269 e. The second-order valence-corrected chi connectivity index (χ2v) is 6.03. The van der Waals surface area contributed by atoms with Crippen LogP contribution in [0.15, 0.2) is 78.9 Å². The highest BCUT2D eigenvalue weighted by Gasteiger charge is 2.16. The number of hydrogen-bond acceptors (Lipinski definition) is 3. The minimum atomic E-state index is -0.408. The van der Waals surface area contributed by atoms with Crippen LogP contribution in [-0.2, 0) is 6.42 Å². The fraction of sp³-hybridized carbons (Fsp3) is 0.143. The summed E-state index contributed by atoms with van der Waals surface area (Å²) in [5.41, 5.74) is 2.88. The van der Waals surface area contributed by atoms with E-state index in [9.17, 15) is 14.5 Å². The van der Waals surface area contributed by atoms with Crippen molar-refractivity contribution in [2.45, 2.75) is 12.5 Å². The van der Waals surface area contributed by atoms with E-state index in [0.29, 0.717) is 6.54 Å². The SMILES string of the molecule is O=[N+]([O-])c1cccc(C(NCCc2ccccc2)c2ccc(F)cc2)c1. The van der Waals surface area contributed by atoms with Crippen LogP contribution in [-0.4, -0.2) is 11.5 Å². The molecule has 1 unspecified atom stereocenters. The van der Waals surface area contributed by atoms with Gasteiger partial charge in [0.15, 0.2) is 0 Å². The number of nitrogens with zero attached hydrogens (tertiary/aromatic N) is 1. The molecule has 0 saturated heterocycles. The molecule has 3 aromatic carbocycles. The summed E-state index contributed by atoms with van der Waals surface area (Å²) in [5, 5.41) is 14.5. The molecule has 3 rings (SSSR count). The number of hydrogen-bond donors (Lipinski definition) is 1. The van der Waals surface area contributed by atoms with Crippen molar-refractivity contribution >= 4 is 5.69 Å². The van der Waals surface area contributed by atoms with E-state index in [1.807, 2.05) is 24.3 Å². The van der Waals surface area contributed by atoms with Crippen LogP contribution >= 0.6 is 0 Å². The molecule has 132 valence electrons. The van der Waals surface area contributed by atoms with Gasteiger partial charge in [-0.25, -0.2) is 4.39 Å². The van der Waals surface area contributed by atoms with Gasteiger partial charge in [0.1, 0.15) is 5.82 Å². The first kappa shape index (κ1) is 17.8. The van der Waals surface area contributed by atoms with Crippen molar-refractivity contribution < 1.29 is 9.31 Å². The third-order valence-corrected chi connectivity index (χ3v) is 4.22. The number of nitro groups is 1. The largest absolute Gasteiger partial charge is 0.306 e. The number of nitro benzene ring substituents is 1. The lowest BCUT2D eigenvalue weighted by Crippen LogP contribution is -2.25. The van der Waals surface area contributed by atoms with E-state index >= 15 is 0 Å². The topological polar surface area (TPSA) is 55.2 Å². The molecule has 0 aromatic heterocycles. The van der Waals surface area contributed by atoms with Crippen LogP contribution < -0.4 is 5.32 Å². The van der Waals surface area contributed by atoms with Gasteiger partial charge < -0.3 is 5.32 Å². The van der Waals surface area contributed by atoms with Gasteiger partial charge in [0.25, 0.3) is 5.69 Å². The summed E-state index contributed by atoms with van der Waals surface area (Å²) in [5.74, 6) is -0.309. The van der Waals surface area contributed by atoms with Gasteiger partial charge in [-0.3, -0.25) is 10.1 Å². The molecule has 0 amide bonds. The zero-order chi connectivity index (χ0) is 18.4. The van der Waals surface area contributed by atoms with Crippen LogP contribution in [0.4, 0.5) is 10.1 Å². The number of rotatable bonds is 7. The Morgan fingerprint density at radius 1 is 0.923 bits per heavy atom. The molecule has 0 fully saturated rings. The fourth-order valence-electron chi connectivity index (χ4n) is 2.91. The number of benzene rings is 3.